The fourth-order valence-electron chi connectivity index (χ4n) is 2.31. The average Bonchev–Trinajstić information content (AvgIpc) is 2.78. The average molecular weight is 601 g/mol. The van der Waals surface area contributed by atoms with Crippen LogP contribution < -0.4 is 0 Å². The Morgan fingerprint density at radius 2 is 0.825 bits per heavy atom. The molecule has 40 heavy (non-hydrogen) atoms. The minimum Gasteiger partial charge on any atom is -0.464 e. The molecule has 17 heteroatoms. The molecule has 0 radical (unpaired) electrons. The number of carbonyl (C=O) groups excluding carboxylic acids is 4. The molecule has 3 N–H and O–H groups in total. The molecule has 234 valence electrons. The summed E-state index contributed by atoms with van der Waals surface area (Å²) >= 11 is 0. The molecule has 0 bridgehead atoms. The highest BCUT2D eigenvalue weighted by Gasteiger charge is 2.76. The van der Waals surface area contributed by atoms with Gasteiger partial charge in [-0.25, -0.2) is 14.4 Å². The summed E-state index contributed by atoms with van der Waals surface area (Å²) in [6, 6.07) is 0. The molecule has 0 saturated heterocycles. The highest BCUT2D eigenvalue weighted by atomic mass is 19.4. The second-order valence-electron chi connectivity index (χ2n) is 10.9. The lowest BCUT2D eigenvalue weighted by Crippen LogP contribution is -2.63. The molecule has 0 aliphatic heterocycles. The second-order valence-corrected chi connectivity index (χ2v) is 10.9. The number of alkyl halides is 6. The smallest absolute Gasteiger partial charge is 0.437 e. The van der Waals surface area contributed by atoms with Crippen LogP contribution in [0.1, 0.15) is 54.9 Å². The molecule has 0 aromatic heterocycles. The van der Waals surface area contributed by atoms with Crippen molar-refractivity contribution < 1.29 is 79.8 Å². The van der Waals surface area contributed by atoms with E-state index in [1.54, 1.807) is 6.92 Å². The first-order valence-electron chi connectivity index (χ1n) is 11.6. The van der Waals surface area contributed by atoms with Gasteiger partial charge in [0, 0.05) is 0 Å². The lowest BCUT2D eigenvalue weighted by molar-refractivity contribution is -0.357. The van der Waals surface area contributed by atoms with Crippen LogP contribution in [0.25, 0.3) is 0 Å². The highest BCUT2D eigenvalue weighted by molar-refractivity contribution is 5.82. The van der Waals surface area contributed by atoms with Gasteiger partial charge in [-0.3, -0.25) is 4.79 Å². The van der Waals surface area contributed by atoms with E-state index < -0.39 is 90.3 Å². The van der Waals surface area contributed by atoms with E-state index >= 15 is 0 Å². The zero-order valence-corrected chi connectivity index (χ0v) is 22.9. The molecule has 0 spiro atoms. The maximum Gasteiger partial charge on any atom is 0.437 e. The maximum atomic E-state index is 13.1. The van der Waals surface area contributed by atoms with E-state index in [1.807, 2.05) is 0 Å². The van der Waals surface area contributed by atoms with Crippen LogP contribution in [0.5, 0.6) is 0 Å². The first-order chi connectivity index (χ1) is 17.6. The van der Waals surface area contributed by atoms with Crippen molar-refractivity contribution in [2.45, 2.75) is 84.0 Å². The molecule has 0 fully saturated rings. The van der Waals surface area contributed by atoms with Crippen LogP contribution in [-0.2, 0) is 38.1 Å². The SMILES string of the molecule is CCC(C)(C)C(=O)OCC(COC(=O)C(C)(C)O)(COC(=O)C(C)(C)O)COC(=O)C(O)(C(F)(F)F)C(F)(F)F. The van der Waals surface area contributed by atoms with Gasteiger partial charge in [-0.15, -0.1) is 0 Å². The summed E-state index contributed by atoms with van der Waals surface area (Å²) < 4.78 is 97.8. The fourth-order valence-corrected chi connectivity index (χ4v) is 2.31. The van der Waals surface area contributed by atoms with Crippen LogP contribution >= 0.6 is 0 Å². The molecular formula is C23H34F6O11. The number of halogens is 6. The van der Waals surface area contributed by atoms with Crippen LogP contribution in [0, 0.1) is 10.8 Å². The van der Waals surface area contributed by atoms with Crippen molar-refractivity contribution >= 4 is 23.9 Å². The summed E-state index contributed by atoms with van der Waals surface area (Å²) in [6.45, 7) is 3.24. The third-order valence-electron chi connectivity index (χ3n) is 5.59. The summed E-state index contributed by atoms with van der Waals surface area (Å²) in [6.07, 6.45) is -13.0. The summed E-state index contributed by atoms with van der Waals surface area (Å²) in [4.78, 5) is 48.8. The molecule has 11 nitrogen and oxygen atoms in total. The van der Waals surface area contributed by atoms with Crippen molar-refractivity contribution in [3.05, 3.63) is 0 Å². The Morgan fingerprint density at radius 3 is 1.07 bits per heavy atom. The molecule has 0 amide bonds. The Morgan fingerprint density at radius 1 is 0.550 bits per heavy atom. The molecule has 0 rings (SSSR count). The van der Waals surface area contributed by atoms with Crippen molar-refractivity contribution in [2.24, 2.45) is 10.8 Å². The van der Waals surface area contributed by atoms with E-state index in [-0.39, 0.29) is 6.42 Å². The molecule has 0 aromatic carbocycles. The van der Waals surface area contributed by atoms with Gasteiger partial charge in [-0.2, -0.15) is 26.3 Å². The normalized spacial score (nSPS) is 13.9. The van der Waals surface area contributed by atoms with Gasteiger partial charge in [0.15, 0.2) is 11.2 Å². The molecule has 0 aliphatic carbocycles. The Kier molecular flexibility index (Phi) is 11.6. The van der Waals surface area contributed by atoms with Crippen LogP contribution in [-0.4, -0.2) is 94.8 Å². The maximum absolute atomic E-state index is 13.1. The van der Waals surface area contributed by atoms with Crippen LogP contribution in [0.3, 0.4) is 0 Å². The number of esters is 4. The Balaban J connectivity index is 6.59. The van der Waals surface area contributed by atoms with Gasteiger partial charge in [-0.1, -0.05) is 6.92 Å². The van der Waals surface area contributed by atoms with Crippen molar-refractivity contribution in [2.75, 3.05) is 26.4 Å². The number of hydrogen-bond acceptors (Lipinski definition) is 11. The molecule has 0 unspecified atom stereocenters. The zero-order valence-electron chi connectivity index (χ0n) is 22.9. The fraction of sp³-hybridized carbons (Fsp3) is 0.826. The molecule has 0 saturated carbocycles. The van der Waals surface area contributed by atoms with Crippen molar-refractivity contribution in [3.8, 4) is 0 Å². The Hall–Kier alpha value is -2.66. The molecular weight excluding hydrogens is 566 g/mol. The summed E-state index contributed by atoms with van der Waals surface area (Å²) in [5, 5.41) is 29.0. The third-order valence-corrected chi connectivity index (χ3v) is 5.59. The van der Waals surface area contributed by atoms with E-state index in [9.17, 15) is 60.8 Å². The van der Waals surface area contributed by atoms with E-state index in [1.165, 1.54) is 13.8 Å². The van der Waals surface area contributed by atoms with Crippen LogP contribution in [0.15, 0.2) is 0 Å². The number of ether oxygens (including phenoxy) is 4. The number of carbonyl (C=O) groups is 4. The quantitative estimate of drug-likeness (QED) is 0.161. The topological polar surface area (TPSA) is 166 Å². The first-order valence-corrected chi connectivity index (χ1v) is 11.6. The molecule has 0 heterocycles. The second kappa shape index (κ2) is 12.5. The summed E-state index contributed by atoms with van der Waals surface area (Å²) in [5.74, 6) is -6.98. The number of hydrogen-bond donors (Lipinski definition) is 3. The zero-order chi connectivity index (χ0) is 32.2. The lowest BCUT2D eigenvalue weighted by Gasteiger charge is -2.35. The van der Waals surface area contributed by atoms with Crippen molar-refractivity contribution in [1.82, 2.24) is 0 Å². The Labute approximate surface area is 225 Å². The van der Waals surface area contributed by atoms with Gasteiger partial charge < -0.3 is 34.3 Å². The number of rotatable bonds is 13. The first kappa shape index (κ1) is 37.3. The molecule has 0 aliphatic rings. The predicted molar refractivity (Wildman–Crippen MR) is 120 cm³/mol. The van der Waals surface area contributed by atoms with Gasteiger partial charge in [-0.05, 0) is 48.0 Å². The van der Waals surface area contributed by atoms with Crippen LogP contribution in [0.4, 0.5) is 26.3 Å². The van der Waals surface area contributed by atoms with Gasteiger partial charge in [0.05, 0.1) is 5.41 Å². The van der Waals surface area contributed by atoms with E-state index in [0.717, 1.165) is 27.7 Å². The largest absolute Gasteiger partial charge is 0.464 e. The van der Waals surface area contributed by atoms with Gasteiger partial charge in [0.2, 0.25) is 0 Å². The van der Waals surface area contributed by atoms with Gasteiger partial charge in [0.1, 0.15) is 31.8 Å². The Bertz CT molecular complexity index is 884. The summed E-state index contributed by atoms with van der Waals surface area (Å²) in [7, 11) is 0. The highest BCUT2D eigenvalue weighted by Crippen LogP contribution is 2.44. The standard InChI is InChI=1S/C23H34F6O11/c1-8-17(2,3)13(30)37-9-20(10-38-14(31)18(4,5)34,11-39-15(32)19(6,7)35)12-40-16(33)21(36,22(24,25)26)23(27,28)29/h34-36H,8-12H2,1-7H3. The van der Waals surface area contributed by atoms with Gasteiger partial charge >= 0.3 is 41.8 Å². The summed E-state index contributed by atoms with van der Waals surface area (Å²) in [5.41, 5.74) is -13.9. The molecule has 0 atom stereocenters. The van der Waals surface area contributed by atoms with E-state index in [4.69, 9.17) is 14.2 Å². The van der Waals surface area contributed by atoms with Crippen molar-refractivity contribution in [3.63, 3.8) is 0 Å². The van der Waals surface area contributed by atoms with Crippen LogP contribution in [0.2, 0.25) is 0 Å². The monoisotopic (exact) mass is 600 g/mol. The third kappa shape index (κ3) is 9.47. The minimum absolute atomic E-state index is 0.194. The minimum atomic E-state index is -6.59. The molecule has 0 aromatic rings. The van der Waals surface area contributed by atoms with E-state index in [2.05, 4.69) is 4.74 Å². The van der Waals surface area contributed by atoms with Gasteiger partial charge in [0.25, 0.3) is 0 Å². The van der Waals surface area contributed by atoms with Crippen molar-refractivity contribution in [1.29, 1.82) is 0 Å². The number of aliphatic hydroxyl groups is 3. The predicted octanol–water partition coefficient (Wildman–Crippen LogP) is 1.98. The van der Waals surface area contributed by atoms with E-state index in [0.29, 0.717) is 0 Å². The lowest BCUT2D eigenvalue weighted by atomic mass is 9.89.